The maximum atomic E-state index is 12.8. The number of nitrogens with one attached hydrogen (secondary N) is 1. The van der Waals surface area contributed by atoms with Gasteiger partial charge in [0.25, 0.3) is 0 Å². The Balaban J connectivity index is 2.41. The number of Topliss-reactive ketones (excluding diaryl/α,β-unsaturated/α-hetero) is 1. The Kier molecular flexibility index (Phi) is 4.18. The molecule has 118 valence electrons. The van der Waals surface area contributed by atoms with Gasteiger partial charge in [-0.05, 0) is 23.0 Å². The van der Waals surface area contributed by atoms with Gasteiger partial charge in [0.1, 0.15) is 12.7 Å². The van der Waals surface area contributed by atoms with Gasteiger partial charge < -0.3 is 5.32 Å². The van der Waals surface area contributed by atoms with Crippen LogP contribution < -0.4 is 5.32 Å². The maximum Gasteiger partial charge on any atom is 0.230 e. The minimum Gasteiger partial charge on any atom is -0.324 e. The number of aromatic nitrogens is 3. The molecule has 0 aromatic carbocycles. The molecule has 0 spiro atoms. The SMILES string of the molecule is CC(C)(C)C1=CC(Nc2ncncn2)=CC(C(C)(C)C)C1=O. The second-order valence-electron chi connectivity index (χ2n) is 7.72. The second-order valence-corrected chi connectivity index (χ2v) is 7.72. The van der Waals surface area contributed by atoms with Crippen LogP contribution in [0.15, 0.2) is 36.1 Å². The predicted octanol–water partition coefficient (Wildman–Crippen LogP) is 3.38. The number of rotatable bonds is 2. The van der Waals surface area contributed by atoms with Gasteiger partial charge in [-0.15, -0.1) is 0 Å². The first kappa shape index (κ1) is 16.3. The van der Waals surface area contributed by atoms with Crippen molar-refractivity contribution in [2.24, 2.45) is 16.7 Å². The van der Waals surface area contributed by atoms with Crippen molar-refractivity contribution < 1.29 is 4.79 Å². The zero-order valence-corrected chi connectivity index (χ0v) is 14.1. The molecule has 5 heteroatoms. The van der Waals surface area contributed by atoms with E-state index >= 15 is 0 Å². The molecule has 0 bridgehead atoms. The third-order valence-electron chi connectivity index (χ3n) is 3.68. The zero-order chi connectivity index (χ0) is 16.5. The van der Waals surface area contributed by atoms with E-state index in [0.29, 0.717) is 5.95 Å². The lowest BCUT2D eigenvalue weighted by Crippen LogP contribution is -2.35. The summed E-state index contributed by atoms with van der Waals surface area (Å²) >= 11 is 0. The third kappa shape index (κ3) is 3.59. The number of ketones is 1. The number of allylic oxidation sites excluding steroid dienone is 3. The molecule has 0 saturated carbocycles. The Morgan fingerprint density at radius 2 is 1.64 bits per heavy atom. The molecule has 1 aliphatic carbocycles. The largest absolute Gasteiger partial charge is 0.324 e. The molecule has 1 aromatic rings. The molecule has 1 N–H and O–H groups in total. The summed E-state index contributed by atoms with van der Waals surface area (Å²) in [4.78, 5) is 24.8. The quantitative estimate of drug-likeness (QED) is 0.906. The predicted molar refractivity (Wildman–Crippen MR) is 87.0 cm³/mol. The molecule has 0 radical (unpaired) electrons. The van der Waals surface area contributed by atoms with Gasteiger partial charge in [0.2, 0.25) is 5.95 Å². The van der Waals surface area contributed by atoms with Crippen LogP contribution in [0.25, 0.3) is 0 Å². The van der Waals surface area contributed by atoms with Crippen LogP contribution in [0.4, 0.5) is 5.95 Å². The molecule has 2 rings (SSSR count). The highest BCUT2D eigenvalue weighted by molar-refractivity contribution is 6.01. The number of anilines is 1. The minimum atomic E-state index is -0.207. The van der Waals surface area contributed by atoms with Crippen LogP contribution in [-0.4, -0.2) is 20.7 Å². The number of hydrogen-bond acceptors (Lipinski definition) is 5. The lowest BCUT2D eigenvalue weighted by molar-refractivity contribution is -0.121. The van der Waals surface area contributed by atoms with Crippen molar-refractivity contribution >= 4 is 11.7 Å². The molecule has 1 atom stereocenters. The zero-order valence-electron chi connectivity index (χ0n) is 14.1. The average Bonchev–Trinajstić information content (AvgIpc) is 2.39. The molecule has 1 unspecified atom stereocenters. The molecule has 0 saturated heterocycles. The van der Waals surface area contributed by atoms with Crippen molar-refractivity contribution in [2.45, 2.75) is 41.5 Å². The van der Waals surface area contributed by atoms with Crippen LogP contribution >= 0.6 is 0 Å². The molecular weight excluding hydrogens is 276 g/mol. The average molecular weight is 300 g/mol. The number of nitrogens with zero attached hydrogens (tertiary/aromatic N) is 3. The third-order valence-corrected chi connectivity index (χ3v) is 3.68. The number of carbonyl (C=O) groups excluding carboxylic acids is 1. The van der Waals surface area contributed by atoms with E-state index in [-0.39, 0.29) is 22.5 Å². The van der Waals surface area contributed by atoms with Gasteiger partial charge in [0.05, 0.1) is 0 Å². The Morgan fingerprint density at radius 1 is 1.05 bits per heavy atom. The van der Waals surface area contributed by atoms with E-state index in [2.05, 4.69) is 61.8 Å². The molecule has 22 heavy (non-hydrogen) atoms. The summed E-state index contributed by atoms with van der Waals surface area (Å²) in [6.07, 6.45) is 6.77. The van der Waals surface area contributed by atoms with Crippen LogP contribution in [0, 0.1) is 16.7 Å². The molecule has 0 amide bonds. The topological polar surface area (TPSA) is 67.8 Å². The highest BCUT2D eigenvalue weighted by Crippen LogP contribution is 2.39. The molecule has 1 aromatic heterocycles. The van der Waals surface area contributed by atoms with Crippen molar-refractivity contribution in [1.29, 1.82) is 0 Å². The van der Waals surface area contributed by atoms with Gasteiger partial charge in [0, 0.05) is 17.2 Å². The summed E-state index contributed by atoms with van der Waals surface area (Å²) in [6, 6.07) is 0. The van der Waals surface area contributed by atoms with Crippen LogP contribution in [0.2, 0.25) is 0 Å². The highest BCUT2D eigenvalue weighted by Gasteiger charge is 2.37. The van der Waals surface area contributed by atoms with Crippen molar-refractivity contribution in [1.82, 2.24) is 15.0 Å². The molecule has 1 aliphatic rings. The lowest BCUT2D eigenvalue weighted by atomic mass is 9.69. The van der Waals surface area contributed by atoms with Gasteiger partial charge in [0.15, 0.2) is 5.78 Å². The Bertz CT molecular complexity index is 618. The fourth-order valence-corrected chi connectivity index (χ4v) is 2.44. The Hall–Kier alpha value is -2.04. The summed E-state index contributed by atoms with van der Waals surface area (Å²) in [5, 5.41) is 3.18. The van der Waals surface area contributed by atoms with E-state index in [0.717, 1.165) is 11.3 Å². The standard InChI is InChI=1S/C17H24N4O/c1-16(2,3)12-7-11(21-15-19-9-18-10-20-15)8-13(14(12)22)17(4,5)6/h7-10,12H,1-6H3,(H,18,19,20,21). The minimum absolute atomic E-state index is 0.145. The second kappa shape index (κ2) is 5.63. The van der Waals surface area contributed by atoms with E-state index < -0.39 is 0 Å². The van der Waals surface area contributed by atoms with E-state index in [1.807, 2.05) is 12.2 Å². The molecule has 0 fully saturated rings. The summed E-state index contributed by atoms with van der Waals surface area (Å²) in [6.45, 7) is 12.4. The molecule has 1 heterocycles. The van der Waals surface area contributed by atoms with Gasteiger partial charge >= 0.3 is 0 Å². The summed E-state index contributed by atoms with van der Waals surface area (Å²) in [5.41, 5.74) is 1.33. The van der Waals surface area contributed by atoms with E-state index in [4.69, 9.17) is 0 Å². The smallest absolute Gasteiger partial charge is 0.230 e. The Morgan fingerprint density at radius 3 is 2.14 bits per heavy atom. The van der Waals surface area contributed by atoms with Crippen LogP contribution in [0.5, 0.6) is 0 Å². The van der Waals surface area contributed by atoms with Crippen LogP contribution in [-0.2, 0) is 4.79 Å². The monoisotopic (exact) mass is 300 g/mol. The van der Waals surface area contributed by atoms with E-state index in [1.165, 1.54) is 12.7 Å². The van der Waals surface area contributed by atoms with Crippen molar-refractivity contribution in [3.63, 3.8) is 0 Å². The summed E-state index contributed by atoms with van der Waals surface area (Å²) < 4.78 is 0. The van der Waals surface area contributed by atoms with Gasteiger partial charge in [-0.25, -0.2) is 15.0 Å². The first-order chi connectivity index (χ1) is 10.1. The van der Waals surface area contributed by atoms with Crippen molar-refractivity contribution in [3.8, 4) is 0 Å². The first-order valence-corrected chi connectivity index (χ1v) is 7.46. The first-order valence-electron chi connectivity index (χ1n) is 7.46. The maximum absolute atomic E-state index is 12.8. The summed E-state index contributed by atoms with van der Waals surface area (Å²) in [7, 11) is 0. The van der Waals surface area contributed by atoms with Crippen molar-refractivity contribution in [2.75, 3.05) is 5.32 Å². The van der Waals surface area contributed by atoms with Gasteiger partial charge in [-0.3, -0.25) is 4.79 Å². The summed E-state index contributed by atoms with van der Waals surface area (Å²) in [5.74, 6) is 0.505. The lowest BCUT2D eigenvalue weighted by Gasteiger charge is -2.35. The fourth-order valence-electron chi connectivity index (χ4n) is 2.44. The van der Waals surface area contributed by atoms with E-state index in [1.54, 1.807) is 0 Å². The highest BCUT2D eigenvalue weighted by atomic mass is 16.1. The molecule has 5 nitrogen and oxygen atoms in total. The van der Waals surface area contributed by atoms with Crippen molar-refractivity contribution in [3.05, 3.63) is 36.1 Å². The Labute approximate surface area is 132 Å². The number of hydrogen-bond donors (Lipinski definition) is 1. The van der Waals surface area contributed by atoms with Crippen LogP contribution in [0.3, 0.4) is 0 Å². The molecular formula is C17H24N4O. The normalized spacial score (nSPS) is 19.5. The fraction of sp³-hybridized carbons (Fsp3) is 0.529. The van der Waals surface area contributed by atoms with Crippen LogP contribution in [0.1, 0.15) is 41.5 Å². The molecule has 0 aliphatic heterocycles. The van der Waals surface area contributed by atoms with E-state index in [9.17, 15) is 4.79 Å². The number of carbonyl (C=O) groups is 1. The van der Waals surface area contributed by atoms with Gasteiger partial charge in [-0.1, -0.05) is 41.5 Å². The van der Waals surface area contributed by atoms with Gasteiger partial charge in [-0.2, -0.15) is 0 Å².